The summed E-state index contributed by atoms with van der Waals surface area (Å²) in [7, 11) is 0. The lowest BCUT2D eigenvalue weighted by molar-refractivity contribution is -0.137. The molecule has 3 aromatic rings. The molecule has 30 heavy (non-hydrogen) atoms. The molecule has 0 bridgehead atoms. The topological polar surface area (TPSA) is 112 Å². The van der Waals surface area contributed by atoms with E-state index in [0.717, 1.165) is 23.3 Å². The Morgan fingerprint density at radius 1 is 1.23 bits per heavy atom. The number of nitrogens with zero attached hydrogens (tertiary/aromatic N) is 5. The van der Waals surface area contributed by atoms with Crippen molar-refractivity contribution in [1.29, 1.82) is 0 Å². The molecule has 0 saturated heterocycles. The molecule has 4 rings (SSSR count). The molecule has 0 aromatic carbocycles. The van der Waals surface area contributed by atoms with Crippen LogP contribution in [0.4, 0.5) is 27.8 Å². The molecule has 3 N–H and O–H groups in total. The van der Waals surface area contributed by atoms with Crippen LogP contribution < -0.4 is 10.5 Å². The minimum Gasteiger partial charge on any atom is -0.418 e. The molecule has 2 atom stereocenters. The summed E-state index contributed by atoms with van der Waals surface area (Å²) in [6.45, 7) is 0. The molecule has 3 aromatic heterocycles. The van der Waals surface area contributed by atoms with Crippen molar-refractivity contribution in [2.45, 2.75) is 43.5 Å². The van der Waals surface area contributed by atoms with Gasteiger partial charge in [0.15, 0.2) is 5.65 Å². The summed E-state index contributed by atoms with van der Waals surface area (Å²) in [4.78, 5) is 11.5. The minimum absolute atomic E-state index is 0.00576. The zero-order chi connectivity index (χ0) is 21.7. The van der Waals surface area contributed by atoms with Crippen LogP contribution in [0.1, 0.15) is 30.9 Å². The Kier molecular flexibility index (Phi) is 4.71. The van der Waals surface area contributed by atoms with Gasteiger partial charge in [0.2, 0.25) is 11.8 Å². The smallest absolute Gasteiger partial charge is 0.416 e. The normalized spacial score (nSPS) is 21.7. The van der Waals surface area contributed by atoms with Gasteiger partial charge in [-0.3, -0.25) is 0 Å². The largest absolute Gasteiger partial charge is 0.418 e. The molecule has 0 spiro atoms. The first-order chi connectivity index (χ1) is 14.0. The zero-order valence-corrected chi connectivity index (χ0v) is 15.1. The van der Waals surface area contributed by atoms with Crippen LogP contribution in [0.25, 0.3) is 11.0 Å². The van der Waals surface area contributed by atoms with E-state index in [-0.39, 0.29) is 29.2 Å². The van der Waals surface area contributed by atoms with Gasteiger partial charge in [-0.15, -0.1) is 5.10 Å². The van der Waals surface area contributed by atoms with E-state index >= 15 is 0 Å². The second kappa shape index (κ2) is 7.00. The molecular formula is C17H15F5N6O2. The number of aromatic nitrogens is 5. The highest BCUT2D eigenvalue weighted by Crippen LogP contribution is 2.42. The molecular weight excluding hydrogens is 415 g/mol. The van der Waals surface area contributed by atoms with Gasteiger partial charge in [-0.05, 0) is 12.5 Å². The molecule has 1 aliphatic rings. The average molecular weight is 430 g/mol. The third-order valence-corrected chi connectivity index (χ3v) is 4.82. The Morgan fingerprint density at radius 3 is 2.73 bits per heavy atom. The number of aliphatic hydroxyl groups is 1. The van der Waals surface area contributed by atoms with Crippen molar-refractivity contribution in [3.8, 4) is 11.8 Å². The fraction of sp³-hybridized carbons (Fsp3) is 0.412. The maximum atomic E-state index is 13.9. The van der Waals surface area contributed by atoms with Gasteiger partial charge in [0.05, 0.1) is 17.7 Å². The number of anilines is 1. The monoisotopic (exact) mass is 430 g/mol. The zero-order valence-electron chi connectivity index (χ0n) is 15.1. The quantitative estimate of drug-likeness (QED) is 0.613. The Balaban J connectivity index is 1.79. The number of rotatable bonds is 3. The molecule has 13 heteroatoms. The predicted octanol–water partition coefficient (Wildman–Crippen LogP) is 3.34. The molecule has 8 nitrogen and oxygen atoms in total. The number of nitrogens with two attached hydrogens (primary N) is 1. The van der Waals surface area contributed by atoms with Crippen molar-refractivity contribution in [2.24, 2.45) is 0 Å². The van der Waals surface area contributed by atoms with Crippen molar-refractivity contribution < 1.29 is 31.8 Å². The summed E-state index contributed by atoms with van der Waals surface area (Å²) in [5.74, 6) is -3.89. The van der Waals surface area contributed by atoms with Crippen LogP contribution in [0.15, 0.2) is 24.7 Å². The van der Waals surface area contributed by atoms with E-state index in [4.69, 9.17) is 10.5 Å². The number of nitrogen functional groups attached to an aromatic ring is 1. The summed E-state index contributed by atoms with van der Waals surface area (Å²) in [6.07, 6.45) is -5.11. The first kappa shape index (κ1) is 20.2. The SMILES string of the molecule is Nc1ncnc2c1c(Oc1cc(C(F)(F)F)ccn1)nn2[C@H]1CC(F)(F)CC[C@@H]1O. The number of hydrogen-bond donors (Lipinski definition) is 2. The minimum atomic E-state index is -4.62. The first-order valence-corrected chi connectivity index (χ1v) is 8.81. The molecule has 0 aliphatic heterocycles. The van der Waals surface area contributed by atoms with E-state index in [2.05, 4.69) is 20.1 Å². The number of alkyl halides is 5. The second-order valence-corrected chi connectivity index (χ2v) is 6.92. The Morgan fingerprint density at radius 2 is 2.00 bits per heavy atom. The van der Waals surface area contributed by atoms with Crippen LogP contribution in [0.2, 0.25) is 0 Å². The number of halogens is 5. The van der Waals surface area contributed by atoms with E-state index < -0.39 is 48.5 Å². The number of pyridine rings is 1. The number of ether oxygens (including phenoxy) is 1. The molecule has 0 radical (unpaired) electrons. The van der Waals surface area contributed by atoms with Crippen molar-refractivity contribution >= 4 is 16.9 Å². The highest BCUT2D eigenvalue weighted by atomic mass is 19.4. The molecule has 1 saturated carbocycles. The lowest BCUT2D eigenvalue weighted by Gasteiger charge is -2.33. The van der Waals surface area contributed by atoms with Gasteiger partial charge in [-0.25, -0.2) is 28.4 Å². The van der Waals surface area contributed by atoms with Gasteiger partial charge in [0.25, 0.3) is 5.88 Å². The van der Waals surface area contributed by atoms with Gasteiger partial charge in [0, 0.05) is 25.1 Å². The van der Waals surface area contributed by atoms with E-state index in [9.17, 15) is 27.1 Å². The van der Waals surface area contributed by atoms with Crippen molar-refractivity contribution in [3.05, 3.63) is 30.2 Å². The first-order valence-electron chi connectivity index (χ1n) is 8.81. The molecule has 0 unspecified atom stereocenters. The number of aliphatic hydroxyl groups excluding tert-OH is 1. The van der Waals surface area contributed by atoms with Gasteiger partial charge >= 0.3 is 6.18 Å². The Hall–Kier alpha value is -3.09. The van der Waals surface area contributed by atoms with Crippen LogP contribution in [-0.2, 0) is 6.18 Å². The fourth-order valence-corrected chi connectivity index (χ4v) is 3.35. The van der Waals surface area contributed by atoms with E-state index in [1.165, 1.54) is 0 Å². The van der Waals surface area contributed by atoms with Crippen LogP contribution in [0.3, 0.4) is 0 Å². The fourth-order valence-electron chi connectivity index (χ4n) is 3.35. The van der Waals surface area contributed by atoms with Gasteiger partial charge in [-0.1, -0.05) is 0 Å². The maximum absolute atomic E-state index is 13.9. The standard InChI is InChI=1S/C17H15F5N6O2/c18-16(19)3-1-10(29)9(6-16)28-14-12(13(23)25-7-26-14)15(27-28)30-11-5-8(2-4-24-11)17(20,21)22/h2,4-5,7,9-10,29H,1,3,6H2,(H2,23,25,26)/t9-,10-/m0/s1. The molecule has 3 heterocycles. The molecule has 1 aliphatic carbocycles. The van der Waals surface area contributed by atoms with Gasteiger partial charge in [0.1, 0.15) is 17.5 Å². The lowest BCUT2D eigenvalue weighted by Crippen LogP contribution is -2.37. The summed E-state index contributed by atoms with van der Waals surface area (Å²) in [5.41, 5.74) is 4.85. The highest BCUT2D eigenvalue weighted by molar-refractivity contribution is 5.90. The lowest BCUT2D eigenvalue weighted by atomic mass is 9.89. The van der Waals surface area contributed by atoms with Crippen LogP contribution in [0, 0.1) is 0 Å². The number of fused-ring (bicyclic) bond motifs is 1. The Bertz CT molecular complexity index is 1090. The van der Waals surface area contributed by atoms with E-state index in [0.29, 0.717) is 6.07 Å². The van der Waals surface area contributed by atoms with Crippen LogP contribution in [0.5, 0.6) is 11.8 Å². The van der Waals surface area contributed by atoms with Gasteiger partial charge < -0.3 is 15.6 Å². The number of hydrogen-bond acceptors (Lipinski definition) is 7. The molecule has 1 fully saturated rings. The molecule has 160 valence electrons. The van der Waals surface area contributed by atoms with E-state index in [1.807, 2.05) is 0 Å². The predicted molar refractivity (Wildman–Crippen MR) is 92.9 cm³/mol. The third kappa shape index (κ3) is 3.72. The van der Waals surface area contributed by atoms with Crippen molar-refractivity contribution in [2.75, 3.05) is 5.73 Å². The van der Waals surface area contributed by atoms with Gasteiger partial charge in [-0.2, -0.15) is 13.2 Å². The summed E-state index contributed by atoms with van der Waals surface area (Å²) >= 11 is 0. The van der Waals surface area contributed by atoms with E-state index in [1.54, 1.807) is 0 Å². The highest BCUT2D eigenvalue weighted by Gasteiger charge is 2.43. The third-order valence-electron chi connectivity index (χ3n) is 4.82. The average Bonchev–Trinajstić information content (AvgIpc) is 3.03. The summed E-state index contributed by atoms with van der Waals surface area (Å²) < 4.78 is 73.2. The van der Waals surface area contributed by atoms with Crippen molar-refractivity contribution in [1.82, 2.24) is 24.7 Å². The maximum Gasteiger partial charge on any atom is 0.416 e. The molecule has 0 amide bonds. The van der Waals surface area contributed by atoms with Crippen molar-refractivity contribution in [3.63, 3.8) is 0 Å². The summed E-state index contributed by atoms with van der Waals surface area (Å²) in [5, 5.41) is 14.3. The second-order valence-electron chi connectivity index (χ2n) is 6.92. The van der Waals surface area contributed by atoms with Crippen LogP contribution in [-0.4, -0.2) is 41.9 Å². The Labute approximate surface area is 165 Å². The summed E-state index contributed by atoms with van der Waals surface area (Å²) in [6, 6.07) is 0.285. The van der Waals surface area contributed by atoms with Crippen LogP contribution >= 0.6 is 0 Å².